The minimum absolute atomic E-state index is 0.0716. The fraction of sp³-hybridized carbons (Fsp3) is 0.125. The summed E-state index contributed by atoms with van der Waals surface area (Å²) in [5.74, 6) is 1.68. The van der Waals surface area contributed by atoms with Gasteiger partial charge in [0.2, 0.25) is 5.78 Å². The van der Waals surface area contributed by atoms with Crippen LogP contribution in [0.4, 0.5) is 4.39 Å². The minimum atomic E-state index is -0.328. The van der Waals surface area contributed by atoms with Crippen molar-refractivity contribution in [1.82, 2.24) is 0 Å². The lowest BCUT2D eigenvalue weighted by atomic mass is 10.1. The Labute approximate surface area is 173 Å². The number of allylic oxidation sites excluding steroid dienone is 1. The molecule has 0 bridgehead atoms. The van der Waals surface area contributed by atoms with E-state index in [1.165, 1.54) is 13.2 Å². The van der Waals surface area contributed by atoms with Crippen LogP contribution in [0.2, 0.25) is 0 Å². The number of Topliss-reactive ketones (excluding diaryl/α,β-unsaturated/α-hetero) is 1. The molecule has 5 nitrogen and oxygen atoms in total. The highest BCUT2D eigenvalue weighted by molar-refractivity contribution is 6.14. The maximum atomic E-state index is 13.8. The van der Waals surface area contributed by atoms with Crippen molar-refractivity contribution in [2.75, 3.05) is 14.2 Å². The number of hydrogen-bond donors (Lipinski definition) is 0. The van der Waals surface area contributed by atoms with Gasteiger partial charge in [0, 0.05) is 11.6 Å². The number of methoxy groups -OCH3 is 2. The van der Waals surface area contributed by atoms with Crippen LogP contribution in [0.1, 0.15) is 21.5 Å². The van der Waals surface area contributed by atoms with Gasteiger partial charge in [-0.15, -0.1) is 0 Å². The molecule has 152 valence electrons. The molecule has 3 aromatic carbocycles. The number of halogens is 1. The number of ether oxygens (including phenoxy) is 4. The van der Waals surface area contributed by atoms with Gasteiger partial charge in [0.1, 0.15) is 23.9 Å². The summed E-state index contributed by atoms with van der Waals surface area (Å²) in [5.41, 5.74) is 1.64. The lowest BCUT2D eigenvalue weighted by Gasteiger charge is -2.12. The molecule has 30 heavy (non-hydrogen) atoms. The van der Waals surface area contributed by atoms with Crippen molar-refractivity contribution in [3.05, 3.63) is 88.9 Å². The van der Waals surface area contributed by atoms with Crippen molar-refractivity contribution < 1.29 is 28.1 Å². The highest BCUT2D eigenvalue weighted by atomic mass is 19.1. The molecule has 3 aromatic rings. The molecule has 0 aliphatic carbocycles. The Bertz CT molecular complexity index is 1140. The molecule has 0 unspecified atom stereocenters. The Morgan fingerprint density at radius 1 is 0.967 bits per heavy atom. The van der Waals surface area contributed by atoms with E-state index in [2.05, 4.69) is 0 Å². The van der Waals surface area contributed by atoms with Gasteiger partial charge >= 0.3 is 0 Å². The molecule has 0 radical (unpaired) electrons. The molecule has 1 aliphatic rings. The number of benzene rings is 3. The van der Waals surface area contributed by atoms with Gasteiger partial charge in [0.15, 0.2) is 17.3 Å². The lowest BCUT2D eigenvalue weighted by Crippen LogP contribution is -2.01. The highest BCUT2D eigenvalue weighted by Gasteiger charge is 2.27. The fourth-order valence-electron chi connectivity index (χ4n) is 3.11. The maximum Gasteiger partial charge on any atom is 0.231 e. The standard InChI is InChI=1S/C24H19FO5/c1-27-17-8-9-18-21(13-17)30-23(24(18)26)12-15-7-10-20(22(11-15)28-2)29-14-16-5-3-4-6-19(16)25/h3-13H,14H2,1-2H3/b23-12-. The molecule has 6 heteroatoms. The third-order valence-electron chi connectivity index (χ3n) is 4.70. The van der Waals surface area contributed by atoms with E-state index in [-0.39, 0.29) is 24.0 Å². The maximum absolute atomic E-state index is 13.8. The van der Waals surface area contributed by atoms with Crippen molar-refractivity contribution in [2.24, 2.45) is 0 Å². The number of carbonyl (C=O) groups excluding carboxylic acids is 1. The van der Waals surface area contributed by atoms with E-state index < -0.39 is 0 Å². The molecule has 0 fully saturated rings. The predicted molar refractivity (Wildman–Crippen MR) is 110 cm³/mol. The van der Waals surface area contributed by atoms with Crippen molar-refractivity contribution >= 4 is 11.9 Å². The molecule has 0 aromatic heterocycles. The van der Waals surface area contributed by atoms with E-state index in [1.807, 2.05) is 0 Å². The molecule has 1 heterocycles. The van der Waals surface area contributed by atoms with Crippen LogP contribution in [0.15, 0.2) is 66.4 Å². The number of rotatable bonds is 6. The molecule has 1 aliphatic heterocycles. The molecule has 0 spiro atoms. The Morgan fingerprint density at radius 2 is 1.80 bits per heavy atom. The van der Waals surface area contributed by atoms with Crippen LogP contribution >= 0.6 is 0 Å². The lowest BCUT2D eigenvalue weighted by molar-refractivity contribution is 0.101. The van der Waals surface area contributed by atoms with Crippen molar-refractivity contribution in [3.63, 3.8) is 0 Å². The van der Waals surface area contributed by atoms with Gasteiger partial charge in [-0.1, -0.05) is 24.3 Å². The van der Waals surface area contributed by atoms with Gasteiger partial charge in [-0.2, -0.15) is 0 Å². The summed E-state index contributed by atoms with van der Waals surface area (Å²) in [6, 6.07) is 16.7. The Morgan fingerprint density at radius 3 is 2.57 bits per heavy atom. The van der Waals surface area contributed by atoms with Crippen LogP contribution in [0.3, 0.4) is 0 Å². The second-order valence-electron chi connectivity index (χ2n) is 6.59. The molecule has 0 saturated carbocycles. The van der Waals surface area contributed by atoms with Gasteiger partial charge < -0.3 is 18.9 Å². The van der Waals surface area contributed by atoms with Crippen molar-refractivity contribution in [2.45, 2.75) is 6.61 Å². The van der Waals surface area contributed by atoms with Crippen LogP contribution in [0.5, 0.6) is 23.0 Å². The zero-order chi connectivity index (χ0) is 21.1. The summed E-state index contributed by atoms with van der Waals surface area (Å²) in [7, 11) is 3.07. The molecular formula is C24H19FO5. The van der Waals surface area contributed by atoms with E-state index in [0.29, 0.717) is 39.7 Å². The van der Waals surface area contributed by atoms with Crippen molar-refractivity contribution in [1.29, 1.82) is 0 Å². The molecule has 0 amide bonds. The molecular weight excluding hydrogens is 387 g/mol. The van der Waals surface area contributed by atoms with Crippen LogP contribution in [0, 0.1) is 5.82 Å². The van der Waals surface area contributed by atoms with Crippen LogP contribution in [-0.2, 0) is 6.61 Å². The predicted octanol–water partition coefficient (Wildman–Crippen LogP) is 5.04. The minimum Gasteiger partial charge on any atom is -0.497 e. The summed E-state index contributed by atoms with van der Waals surface area (Å²) in [5, 5.41) is 0. The van der Waals surface area contributed by atoms with E-state index in [9.17, 15) is 9.18 Å². The van der Waals surface area contributed by atoms with Crippen LogP contribution in [-0.4, -0.2) is 20.0 Å². The first-order valence-corrected chi connectivity index (χ1v) is 9.25. The van der Waals surface area contributed by atoms with Gasteiger partial charge in [0.05, 0.1) is 19.8 Å². The summed E-state index contributed by atoms with van der Waals surface area (Å²) >= 11 is 0. The fourth-order valence-corrected chi connectivity index (χ4v) is 3.11. The first kappa shape index (κ1) is 19.5. The van der Waals surface area contributed by atoms with Gasteiger partial charge in [0.25, 0.3) is 0 Å². The monoisotopic (exact) mass is 406 g/mol. The number of ketones is 1. The number of hydrogen-bond acceptors (Lipinski definition) is 5. The second-order valence-corrected chi connectivity index (χ2v) is 6.59. The highest BCUT2D eigenvalue weighted by Crippen LogP contribution is 2.36. The van der Waals surface area contributed by atoms with Gasteiger partial charge in [-0.3, -0.25) is 4.79 Å². The normalized spacial score (nSPS) is 13.7. The zero-order valence-corrected chi connectivity index (χ0v) is 16.5. The zero-order valence-electron chi connectivity index (χ0n) is 16.5. The first-order valence-electron chi connectivity index (χ1n) is 9.25. The number of fused-ring (bicyclic) bond motifs is 1. The smallest absolute Gasteiger partial charge is 0.231 e. The third-order valence-corrected chi connectivity index (χ3v) is 4.70. The van der Waals surface area contributed by atoms with Crippen LogP contribution < -0.4 is 18.9 Å². The molecule has 0 saturated heterocycles. The average Bonchev–Trinajstić information content (AvgIpc) is 3.08. The van der Waals surface area contributed by atoms with E-state index in [1.54, 1.807) is 67.8 Å². The molecule has 0 N–H and O–H groups in total. The summed E-state index contributed by atoms with van der Waals surface area (Å²) in [6.07, 6.45) is 1.64. The van der Waals surface area contributed by atoms with Gasteiger partial charge in [-0.05, 0) is 42.0 Å². The summed E-state index contributed by atoms with van der Waals surface area (Å²) < 4.78 is 35.8. The topological polar surface area (TPSA) is 54.0 Å². The first-order chi connectivity index (χ1) is 14.6. The molecule has 0 atom stereocenters. The Kier molecular flexibility index (Phi) is 5.39. The third kappa shape index (κ3) is 3.85. The Balaban J connectivity index is 1.54. The van der Waals surface area contributed by atoms with Crippen LogP contribution in [0.25, 0.3) is 6.08 Å². The summed E-state index contributed by atoms with van der Waals surface area (Å²) in [6.45, 7) is 0.0716. The SMILES string of the molecule is COc1ccc2c(c1)O/C(=C\c1ccc(OCc3ccccc3F)c(OC)c1)C2=O. The average molecular weight is 406 g/mol. The summed E-state index contributed by atoms with van der Waals surface area (Å²) in [4.78, 5) is 12.6. The molecule has 4 rings (SSSR count). The second kappa shape index (κ2) is 8.29. The van der Waals surface area contributed by atoms with Crippen molar-refractivity contribution in [3.8, 4) is 23.0 Å². The van der Waals surface area contributed by atoms with E-state index in [4.69, 9.17) is 18.9 Å². The van der Waals surface area contributed by atoms with Gasteiger partial charge in [-0.25, -0.2) is 4.39 Å². The Hall–Kier alpha value is -3.80. The number of carbonyl (C=O) groups is 1. The van der Waals surface area contributed by atoms with E-state index >= 15 is 0 Å². The quantitative estimate of drug-likeness (QED) is 0.537. The largest absolute Gasteiger partial charge is 0.497 e. The van der Waals surface area contributed by atoms with E-state index in [0.717, 1.165) is 0 Å².